The van der Waals surface area contributed by atoms with Crippen molar-refractivity contribution in [1.82, 2.24) is 34.4 Å². The van der Waals surface area contributed by atoms with Crippen molar-refractivity contribution in [3.8, 4) is 22.5 Å². The molecule has 0 radical (unpaired) electrons. The summed E-state index contributed by atoms with van der Waals surface area (Å²) in [6, 6.07) is 13.2. The van der Waals surface area contributed by atoms with Gasteiger partial charge in [0, 0.05) is 41.6 Å². The third-order valence-corrected chi connectivity index (χ3v) is 5.71. The Balaban J connectivity index is 1.21. The van der Waals surface area contributed by atoms with Crippen molar-refractivity contribution in [3.05, 3.63) is 79.1 Å². The predicted octanol–water partition coefficient (Wildman–Crippen LogP) is 4.02. The molecule has 174 valence electrons. The molecule has 1 fully saturated rings. The minimum atomic E-state index is -2.82. The van der Waals surface area contributed by atoms with Gasteiger partial charge >= 0.3 is 0 Å². The lowest BCUT2D eigenvalue weighted by Gasteiger charge is -2.38. The Labute approximate surface area is 197 Å². The van der Waals surface area contributed by atoms with Crippen molar-refractivity contribution in [2.75, 3.05) is 18.4 Å². The van der Waals surface area contributed by atoms with Gasteiger partial charge in [0.25, 0.3) is 11.8 Å². The van der Waals surface area contributed by atoms with E-state index >= 15 is 0 Å². The Morgan fingerprint density at radius 1 is 1.03 bits per heavy atom. The van der Waals surface area contributed by atoms with Crippen molar-refractivity contribution in [2.45, 2.75) is 5.92 Å². The summed E-state index contributed by atoms with van der Waals surface area (Å²) in [5, 5.41) is 10.0. The number of rotatable bonds is 5. The van der Waals surface area contributed by atoms with Gasteiger partial charge < -0.3 is 14.6 Å². The topological polar surface area (TPSA) is 104 Å². The minimum Gasteiger partial charge on any atom is -0.340 e. The van der Waals surface area contributed by atoms with Crippen molar-refractivity contribution >= 4 is 23.1 Å². The van der Waals surface area contributed by atoms with Crippen LogP contribution in [0.5, 0.6) is 0 Å². The predicted molar refractivity (Wildman–Crippen MR) is 124 cm³/mol. The number of amides is 1. The molecule has 35 heavy (non-hydrogen) atoms. The van der Waals surface area contributed by atoms with Gasteiger partial charge in [-0.3, -0.25) is 9.89 Å². The number of benzene rings is 1. The number of carbonyl (C=O) groups excluding carboxylic acids is 1. The number of aromatic amines is 1. The van der Waals surface area contributed by atoms with Gasteiger partial charge in [0.15, 0.2) is 5.82 Å². The van der Waals surface area contributed by atoms with E-state index in [4.69, 9.17) is 0 Å². The number of nitrogens with one attached hydrogen (secondary N) is 2. The molecule has 1 amide bonds. The summed E-state index contributed by atoms with van der Waals surface area (Å²) in [4.78, 5) is 26.8. The molecule has 0 unspecified atom stereocenters. The van der Waals surface area contributed by atoms with Gasteiger partial charge in [0.1, 0.15) is 17.2 Å². The molecule has 0 aliphatic carbocycles. The third-order valence-electron chi connectivity index (χ3n) is 5.71. The zero-order valence-corrected chi connectivity index (χ0v) is 18.2. The Hall–Kier alpha value is -4.67. The summed E-state index contributed by atoms with van der Waals surface area (Å²) in [7, 11) is 0. The lowest BCUT2D eigenvalue weighted by molar-refractivity contribution is -0.113. The first-order valence-corrected chi connectivity index (χ1v) is 10.8. The molecule has 1 aliphatic heterocycles. The first kappa shape index (κ1) is 20.9. The van der Waals surface area contributed by atoms with Crippen LogP contribution >= 0.6 is 0 Å². The molecule has 11 heteroatoms. The highest BCUT2D eigenvalue weighted by Gasteiger charge is 2.46. The number of hydrogen-bond donors (Lipinski definition) is 2. The summed E-state index contributed by atoms with van der Waals surface area (Å²) in [5.74, 6) is -2.24. The van der Waals surface area contributed by atoms with Crippen LogP contribution in [-0.4, -0.2) is 59.4 Å². The Bertz CT molecular complexity index is 1520. The van der Waals surface area contributed by atoms with Gasteiger partial charge in [0.2, 0.25) is 0 Å². The minimum absolute atomic E-state index is 0.118. The normalized spacial score (nSPS) is 14.6. The first-order chi connectivity index (χ1) is 16.9. The molecule has 1 saturated heterocycles. The van der Waals surface area contributed by atoms with E-state index in [0.29, 0.717) is 22.9 Å². The monoisotopic (exact) mass is 472 g/mol. The maximum absolute atomic E-state index is 13.1. The summed E-state index contributed by atoms with van der Waals surface area (Å²) < 4.78 is 27.9. The smallest absolute Gasteiger partial charge is 0.282 e. The Morgan fingerprint density at radius 2 is 1.86 bits per heavy atom. The fourth-order valence-electron chi connectivity index (χ4n) is 3.91. The van der Waals surface area contributed by atoms with Gasteiger partial charge in [-0.2, -0.15) is 5.10 Å². The average Bonchev–Trinajstić information content (AvgIpc) is 3.52. The number of halogens is 2. The molecule has 0 spiro atoms. The van der Waals surface area contributed by atoms with E-state index < -0.39 is 24.9 Å². The number of nitrogens with zero attached hydrogens (tertiary/aromatic N) is 6. The van der Waals surface area contributed by atoms with Gasteiger partial charge in [-0.05, 0) is 35.9 Å². The molecule has 5 aromatic rings. The van der Waals surface area contributed by atoms with Crippen LogP contribution in [0.4, 0.5) is 20.3 Å². The Kier molecular flexibility index (Phi) is 4.76. The van der Waals surface area contributed by atoms with Crippen LogP contribution in [0.15, 0.2) is 73.4 Å². The maximum atomic E-state index is 13.1. The van der Waals surface area contributed by atoms with Gasteiger partial charge in [-0.25, -0.2) is 23.7 Å². The number of anilines is 2. The van der Waals surface area contributed by atoms with Crippen LogP contribution in [0, 0.1) is 0 Å². The van der Waals surface area contributed by atoms with Crippen LogP contribution in [0.25, 0.3) is 28.2 Å². The number of aromatic nitrogens is 6. The lowest BCUT2D eigenvalue weighted by atomic mass is 10.1. The first-order valence-electron chi connectivity index (χ1n) is 10.8. The summed E-state index contributed by atoms with van der Waals surface area (Å²) in [6.45, 7) is -1.16. The highest BCUT2D eigenvalue weighted by molar-refractivity contribution is 5.93. The van der Waals surface area contributed by atoms with Crippen LogP contribution in [-0.2, 0) is 0 Å². The fourth-order valence-corrected chi connectivity index (χ4v) is 3.91. The molecule has 0 saturated carbocycles. The maximum Gasteiger partial charge on any atom is 0.282 e. The van der Waals surface area contributed by atoms with Crippen molar-refractivity contribution in [1.29, 1.82) is 0 Å². The molecular formula is C24H18F2N8O. The fraction of sp³-hybridized carbons (Fsp3) is 0.125. The molecule has 1 aliphatic rings. The number of alkyl halides is 2. The van der Waals surface area contributed by atoms with Crippen LogP contribution in [0.2, 0.25) is 0 Å². The molecule has 2 N–H and O–H groups in total. The quantitative estimate of drug-likeness (QED) is 0.401. The zero-order chi connectivity index (χ0) is 24.0. The second-order valence-corrected chi connectivity index (χ2v) is 8.28. The third kappa shape index (κ3) is 4.07. The lowest BCUT2D eigenvalue weighted by Crippen LogP contribution is -2.58. The van der Waals surface area contributed by atoms with Gasteiger partial charge in [0.05, 0.1) is 19.3 Å². The number of hydrogen-bond acceptors (Lipinski definition) is 6. The summed E-state index contributed by atoms with van der Waals surface area (Å²) in [6.07, 6.45) is 8.51. The van der Waals surface area contributed by atoms with E-state index in [9.17, 15) is 13.6 Å². The molecule has 6 rings (SSSR count). The largest absolute Gasteiger partial charge is 0.340 e. The standard InChI is InChI=1S/C24H18F2N8O/c25-24(26)13-34(14-24)23(35)19-12-33-8-6-16(9-21(33)31-19)22-27-7-5-20(32-22)30-18-3-1-15(2-4-18)17-10-28-29-11-17/h1-12H,13-14H2,(H,28,29)(H,27,30,32). The number of likely N-dealkylation sites (tertiary alicyclic amines) is 1. The summed E-state index contributed by atoms with van der Waals surface area (Å²) in [5.41, 5.74) is 4.23. The Morgan fingerprint density at radius 3 is 2.60 bits per heavy atom. The highest BCUT2D eigenvalue weighted by atomic mass is 19.3. The number of fused-ring (bicyclic) bond motifs is 1. The van der Waals surface area contributed by atoms with Crippen molar-refractivity contribution < 1.29 is 13.6 Å². The van der Waals surface area contributed by atoms with Crippen LogP contribution < -0.4 is 5.32 Å². The molecule has 9 nitrogen and oxygen atoms in total. The second-order valence-electron chi connectivity index (χ2n) is 8.28. The van der Waals surface area contributed by atoms with Crippen LogP contribution in [0.3, 0.4) is 0 Å². The molecular weight excluding hydrogens is 454 g/mol. The SMILES string of the molecule is O=C(c1cn2ccc(-c3nccc(Nc4ccc(-c5cn[nH]c5)cc4)n3)cc2n1)N1CC(F)(F)C1. The van der Waals surface area contributed by atoms with E-state index in [2.05, 4.69) is 30.5 Å². The number of carbonyl (C=O) groups is 1. The van der Waals surface area contributed by atoms with E-state index in [1.807, 2.05) is 30.5 Å². The molecule has 0 atom stereocenters. The number of imidazole rings is 1. The zero-order valence-electron chi connectivity index (χ0n) is 18.2. The molecule has 1 aromatic carbocycles. The molecule has 0 bridgehead atoms. The van der Waals surface area contributed by atoms with Crippen molar-refractivity contribution in [2.24, 2.45) is 0 Å². The second kappa shape index (κ2) is 7.97. The van der Waals surface area contributed by atoms with E-state index in [1.54, 1.807) is 41.2 Å². The average molecular weight is 472 g/mol. The van der Waals surface area contributed by atoms with Crippen molar-refractivity contribution in [3.63, 3.8) is 0 Å². The van der Waals surface area contributed by atoms with Gasteiger partial charge in [-0.15, -0.1) is 0 Å². The highest BCUT2D eigenvalue weighted by Crippen LogP contribution is 2.28. The molecule has 4 aromatic heterocycles. The van der Waals surface area contributed by atoms with Gasteiger partial charge in [-0.1, -0.05) is 12.1 Å². The number of pyridine rings is 1. The number of H-pyrrole nitrogens is 1. The van der Waals surface area contributed by atoms with E-state index in [0.717, 1.165) is 21.7 Å². The van der Waals surface area contributed by atoms with E-state index in [-0.39, 0.29) is 5.69 Å². The van der Waals surface area contributed by atoms with Crippen LogP contribution in [0.1, 0.15) is 10.5 Å². The van der Waals surface area contributed by atoms with E-state index in [1.165, 1.54) is 6.20 Å². The summed E-state index contributed by atoms with van der Waals surface area (Å²) >= 11 is 0. The molecule has 5 heterocycles.